The first kappa shape index (κ1) is 16.3. The highest BCUT2D eigenvalue weighted by Gasteiger charge is 2.11. The van der Waals surface area contributed by atoms with Crippen LogP contribution >= 0.6 is 34.4 Å². The van der Waals surface area contributed by atoms with Crippen molar-refractivity contribution >= 4 is 45.3 Å². The molecule has 0 amide bonds. The fourth-order valence-corrected chi connectivity index (χ4v) is 4.29. The Morgan fingerprint density at radius 3 is 2.88 bits per heavy atom. The van der Waals surface area contributed by atoms with Gasteiger partial charge in [0, 0.05) is 16.8 Å². The number of aryl methyl sites for hydroxylation is 1. The molecular weight excluding hydrogens is 372 g/mol. The van der Waals surface area contributed by atoms with Gasteiger partial charge in [0.05, 0.1) is 10.6 Å². The van der Waals surface area contributed by atoms with Crippen LogP contribution in [-0.2, 0) is 5.75 Å². The Balaban J connectivity index is 1.38. The van der Waals surface area contributed by atoms with Crippen molar-refractivity contribution in [3.05, 3.63) is 58.4 Å². The Morgan fingerprint density at radius 2 is 2.04 bits per heavy atom. The third-order valence-electron chi connectivity index (χ3n) is 3.42. The van der Waals surface area contributed by atoms with Gasteiger partial charge in [-0.2, -0.15) is 0 Å². The van der Waals surface area contributed by atoms with Crippen LogP contribution in [0.5, 0.6) is 0 Å². The molecule has 0 radical (unpaired) electrons. The van der Waals surface area contributed by atoms with Crippen molar-refractivity contribution in [1.82, 2.24) is 15.2 Å². The number of para-hydroxylation sites is 1. The maximum absolute atomic E-state index is 5.68. The fraction of sp³-hybridized carbons (Fsp3) is 0.118. The fourth-order valence-electron chi connectivity index (χ4n) is 2.16. The highest BCUT2D eigenvalue weighted by molar-refractivity contribution is 7.98. The largest absolute Gasteiger partial charge is 0.410 e. The number of aromatic nitrogens is 3. The van der Waals surface area contributed by atoms with E-state index in [0.29, 0.717) is 16.9 Å². The van der Waals surface area contributed by atoms with Gasteiger partial charge < -0.3 is 9.73 Å². The predicted octanol–water partition coefficient (Wildman–Crippen LogP) is 5.60. The van der Waals surface area contributed by atoms with E-state index in [9.17, 15) is 0 Å². The van der Waals surface area contributed by atoms with Gasteiger partial charge in [-0.3, -0.25) is 0 Å². The second kappa shape index (κ2) is 7.38. The molecule has 4 rings (SSSR count). The first-order chi connectivity index (χ1) is 12.3. The summed E-state index contributed by atoms with van der Waals surface area (Å²) in [6, 6.07) is 12.1. The molecular formula is C17H14N4OS3. The molecule has 4 aromatic rings. The first-order valence-corrected chi connectivity index (χ1v) is 10.3. The number of hydrogen-bond donors (Lipinski definition) is 1. The Bertz CT molecular complexity index is 962. The van der Waals surface area contributed by atoms with E-state index in [1.807, 2.05) is 35.0 Å². The minimum absolute atomic E-state index is 0.560. The van der Waals surface area contributed by atoms with Gasteiger partial charge in [-0.15, -0.1) is 32.9 Å². The zero-order chi connectivity index (χ0) is 17.1. The number of nitrogens with zero attached hydrogens (tertiary/aromatic N) is 3. The number of benzene rings is 1. The number of nitrogens with one attached hydrogen (secondary N) is 1. The van der Waals surface area contributed by atoms with E-state index < -0.39 is 0 Å². The van der Waals surface area contributed by atoms with E-state index in [1.54, 1.807) is 22.7 Å². The number of thioether (sulfide) groups is 1. The normalized spacial score (nSPS) is 10.9. The lowest BCUT2D eigenvalue weighted by Gasteiger charge is -2.05. The summed E-state index contributed by atoms with van der Waals surface area (Å²) >= 11 is 4.67. The molecule has 0 aliphatic rings. The van der Waals surface area contributed by atoms with Gasteiger partial charge in [0.25, 0.3) is 11.1 Å². The van der Waals surface area contributed by atoms with Crippen LogP contribution in [-0.4, -0.2) is 15.2 Å². The van der Waals surface area contributed by atoms with Crippen molar-refractivity contribution in [2.24, 2.45) is 0 Å². The maximum atomic E-state index is 5.68. The molecule has 25 heavy (non-hydrogen) atoms. The average Bonchev–Trinajstić information content (AvgIpc) is 3.37. The number of thiophene rings is 1. The molecule has 126 valence electrons. The summed E-state index contributed by atoms with van der Waals surface area (Å²) in [7, 11) is 0. The van der Waals surface area contributed by atoms with Crippen LogP contribution in [0, 0.1) is 6.92 Å². The Labute approximate surface area is 157 Å². The van der Waals surface area contributed by atoms with Gasteiger partial charge in [-0.05, 0) is 30.0 Å². The second-order valence-electron chi connectivity index (χ2n) is 5.22. The van der Waals surface area contributed by atoms with E-state index in [0.717, 1.165) is 21.4 Å². The molecule has 0 spiro atoms. The molecule has 0 aliphatic heterocycles. The van der Waals surface area contributed by atoms with Gasteiger partial charge in [-0.1, -0.05) is 36.0 Å². The highest BCUT2D eigenvalue weighted by Crippen LogP contribution is 2.29. The molecule has 0 fully saturated rings. The van der Waals surface area contributed by atoms with Crippen LogP contribution in [0.3, 0.4) is 0 Å². The topological polar surface area (TPSA) is 63.8 Å². The zero-order valence-corrected chi connectivity index (χ0v) is 15.8. The quantitative estimate of drug-likeness (QED) is 0.435. The number of thiazole rings is 1. The summed E-state index contributed by atoms with van der Waals surface area (Å²) in [5.74, 6) is 1.26. The third-order valence-corrected chi connectivity index (χ3v) is 5.94. The van der Waals surface area contributed by atoms with Crippen LogP contribution in [0.4, 0.5) is 10.8 Å². The van der Waals surface area contributed by atoms with E-state index >= 15 is 0 Å². The molecule has 3 heterocycles. The SMILES string of the molecule is Cc1ccccc1Nc1nc(CSc2nnc(-c3cccs3)o2)cs1. The molecule has 0 aliphatic carbocycles. The molecule has 0 bridgehead atoms. The molecule has 3 aromatic heterocycles. The van der Waals surface area contributed by atoms with Crippen LogP contribution in [0.25, 0.3) is 10.8 Å². The molecule has 0 saturated heterocycles. The van der Waals surface area contributed by atoms with Crippen molar-refractivity contribution in [3.63, 3.8) is 0 Å². The Kier molecular flexibility index (Phi) is 4.82. The van der Waals surface area contributed by atoms with Gasteiger partial charge in [0.2, 0.25) is 0 Å². The van der Waals surface area contributed by atoms with Gasteiger partial charge in [0.15, 0.2) is 5.13 Å². The Hall–Kier alpha value is -2.16. The van der Waals surface area contributed by atoms with E-state index in [1.165, 1.54) is 17.3 Å². The van der Waals surface area contributed by atoms with E-state index in [4.69, 9.17) is 4.42 Å². The summed E-state index contributed by atoms with van der Waals surface area (Å²) < 4.78 is 5.68. The lowest BCUT2D eigenvalue weighted by molar-refractivity contribution is 0.466. The minimum Gasteiger partial charge on any atom is -0.410 e. The van der Waals surface area contributed by atoms with Crippen LogP contribution in [0.1, 0.15) is 11.3 Å². The molecule has 1 aromatic carbocycles. The summed E-state index contributed by atoms with van der Waals surface area (Å²) in [5.41, 5.74) is 3.26. The molecule has 8 heteroatoms. The third kappa shape index (κ3) is 3.92. The molecule has 0 atom stereocenters. The molecule has 1 N–H and O–H groups in total. The predicted molar refractivity (Wildman–Crippen MR) is 104 cm³/mol. The van der Waals surface area contributed by atoms with Gasteiger partial charge >= 0.3 is 0 Å². The van der Waals surface area contributed by atoms with Gasteiger partial charge in [0.1, 0.15) is 0 Å². The number of rotatable bonds is 6. The van der Waals surface area contributed by atoms with Crippen LogP contribution in [0.15, 0.2) is 56.8 Å². The van der Waals surface area contributed by atoms with E-state index in [-0.39, 0.29) is 0 Å². The standard InChI is InChI=1S/C17H14N4OS3/c1-11-5-2-3-6-13(11)19-16-18-12(9-24-16)10-25-17-21-20-15(22-17)14-7-4-8-23-14/h2-9H,10H2,1H3,(H,18,19). The minimum atomic E-state index is 0.560. The number of hydrogen-bond acceptors (Lipinski definition) is 8. The zero-order valence-electron chi connectivity index (χ0n) is 13.3. The van der Waals surface area contributed by atoms with Crippen LogP contribution in [0.2, 0.25) is 0 Å². The van der Waals surface area contributed by atoms with E-state index in [2.05, 4.69) is 39.6 Å². The maximum Gasteiger partial charge on any atom is 0.277 e. The summed E-state index contributed by atoms with van der Waals surface area (Å²) in [5, 5.41) is 17.0. The first-order valence-electron chi connectivity index (χ1n) is 7.55. The van der Waals surface area contributed by atoms with Crippen LogP contribution < -0.4 is 5.32 Å². The average molecular weight is 387 g/mol. The second-order valence-corrected chi connectivity index (χ2v) is 7.96. The van der Waals surface area contributed by atoms with Gasteiger partial charge in [-0.25, -0.2) is 4.98 Å². The monoisotopic (exact) mass is 386 g/mol. The lowest BCUT2D eigenvalue weighted by Crippen LogP contribution is -1.92. The van der Waals surface area contributed by atoms with Crippen molar-refractivity contribution in [2.75, 3.05) is 5.32 Å². The van der Waals surface area contributed by atoms with Crippen molar-refractivity contribution in [2.45, 2.75) is 17.9 Å². The summed E-state index contributed by atoms with van der Waals surface area (Å²) in [6.07, 6.45) is 0. The van der Waals surface area contributed by atoms with Crippen molar-refractivity contribution < 1.29 is 4.42 Å². The molecule has 0 saturated carbocycles. The summed E-state index contributed by atoms with van der Waals surface area (Å²) in [6.45, 7) is 2.08. The van der Waals surface area contributed by atoms with Crippen molar-refractivity contribution in [1.29, 1.82) is 0 Å². The Morgan fingerprint density at radius 1 is 1.12 bits per heavy atom. The van der Waals surface area contributed by atoms with Crippen molar-refractivity contribution in [3.8, 4) is 10.8 Å². The highest BCUT2D eigenvalue weighted by atomic mass is 32.2. The molecule has 5 nitrogen and oxygen atoms in total. The number of anilines is 2. The molecule has 0 unspecified atom stereocenters. The summed E-state index contributed by atoms with van der Waals surface area (Å²) in [4.78, 5) is 5.60. The lowest BCUT2D eigenvalue weighted by atomic mass is 10.2. The smallest absolute Gasteiger partial charge is 0.277 e.